The van der Waals surface area contributed by atoms with Crippen LogP contribution in [0.1, 0.15) is 37.2 Å². The minimum atomic E-state index is 0.0688. The predicted octanol–water partition coefficient (Wildman–Crippen LogP) is 3.82. The number of H-pyrrole nitrogens is 2. The summed E-state index contributed by atoms with van der Waals surface area (Å²) >= 11 is 0. The average Bonchev–Trinajstić information content (AvgIpc) is 3.22. The van der Waals surface area contributed by atoms with Gasteiger partial charge in [-0.15, -0.1) is 0 Å². The van der Waals surface area contributed by atoms with Gasteiger partial charge in [-0.2, -0.15) is 0 Å². The lowest BCUT2D eigenvalue weighted by Crippen LogP contribution is -2.32. The molecule has 0 aromatic carbocycles. The van der Waals surface area contributed by atoms with Crippen molar-refractivity contribution >= 4 is 16.9 Å². The number of nitrogens with zero attached hydrogens (tertiary/aromatic N) is 2. The van der Waals surface area contributed by atoms with Crippen molar-refractivity contribution in [3.05, 3.63) is 42.5 Å². The van der Waals surface area contributed by atoms with Gasteiger partial charge in [-0.05, 0) is 36.6 Å². The summed E-state index contributed by atoms with van der Waals surface area (Å²) in [5, 5.41) is 1.06. The molecule has 120 valence electrons. The number of amides is 1. The molecule has 0 spiro atoms. The van der Waals surface area contributed by atoms with Gasteiger partial charge in [0.15, 0.2) is 0 Å². The fraction of sp³-hybridized carbons (Fsp3) is 0.333. The van der Waals surface area contributed by atoms with E-state index >= 15 is 0 Å². The number of hydrogen-bond donors (Lipinski definition) is 2. The van der Waals surface area contributed by atoms with E-state index in [0.717, 1.165) is 48.1 Å². The fourth-order valence-corrected chi connectivity index (χ4v) is 2.91. The molecule has 0 aliphatic carbocycles. The second kappa shape index (κ2) is 6.69. The van der Waals surface area contributed by atoms with Gasteiger partial charge in [0, 0.05) is 42.6 Å². The zero-order chi connectivity index (χ0) is 16.2. The standard InChI is InChI=1S/C18H22N4O/c1-3-9-22(10-4-2)18(23)16-11-13(12-21-16)14-5-7-19-17-15(14)6-8-20-17/h5-8,11-12,21H,3-4,9-10H2,1-2H3,(H,19,20). The molecule has 5 nitrogen and oxygen atoms in total. The third-order valence-corrected chi connectivity index (χ3v) is 3.96. The summed E-state index contributed by atoms with van der Waals surface area (Å²) in [5.41, 5.74) is 3.58. The smallest absolute Gasteiger partial charge is 0.270 e. The van der Waals surface area contributed by atoms with Crippen LogP contribution in [0, 0.1) is 0 Å². The Balaban J connectivity index is 1.91. The SMILES string of the molecule is CCCN(CCC)C(=O)c1cc(-c2ccnc3[nH]ccc23)c[nH]1. The molecule has 0 saturated heterocycles. The first-order valence-corrected chi connectivity index (χ1v) is 8.14. The number of rotatable bonds is 6. The van der Waals surface area contributed by atoms with E-state index in [1.54, 1.807) is 6.20 Å². The molecule has 23 heavy (non-hydrogen) atoms. The summed E-state index contributed by atoms with van der Waals surface area (Å²) in [5.74, 6) is 0.0688. The summed E-state index contributed by atoms with van der Waals surface area (Å²) in [6.07, 6.45) is 7.49. The summed E-state index contributed by atoms with van der Waals surface area (Å²) < 4.78 is 0. The summed E-state index contributed by atoms with van der Waals surface area (Å²) in [4.78, 5) is 25.1. The van der Waals surface area contributed by atoms with Crippen molar-refractivity contribution in [3.8, 4) is 11.1 Å². The van der Waals surface area contributed by atoms with Crippen LogP contribution >= 0.6 is 0 Å². The molecular formula is C18H22N4O. The van der Waals surface area contributed by atoms with E-state index in [9.17, 15) is 4.79 Å². The second-order valence-electron chi connectivity index (χ2n) is 5.69. The minimum Gasteiger partial charge on any atom is -0.357 e. The monoisotopic (exact) mass is 310 g/mol. The van der Waals surface area contributed by atoms with E-state index in [0.29, 0.717) is 5.69 Å². The highest BCUT2D eigenvalue weighted by atomic mass is 16.2. The number of aromatic amines is 2. The third kappa shape index (κ3) is 2.99. The molecule has 3 aromatic heterocycles. The first kappa shape index (κ1) is 15.3. The van der Waals surface area contributed by atoms with Crippen LogP contribution < -0.4 is 0 Å². The molecule has 0 radical (unpaired) electrons. The first-order chi connectivity index (χ1) is 11.2. The Morgan fingerprint density at radius 1 is 1.17 bits per heavy atom. The van der Waals surface area contributed by atoms with Crippen LogP contribution in [0.25, 0.3) is 22.2 Å². The van der Waals surface area contributed by atoms with Gasteiger partial charge in [-0.25, -0.2) is 4.98 Å². The van der Waals surface area contributed by atoms with E-state index in [1.807, 2.05) is 35.5 Å². The van der Waals surface area contributed by atoms with Crippen LogP contribution in [0.5, 0.6) is 0 Å². The quantitative estimate of drug-likeness (QED) is 0.727. The summed E-state index contributed by atoms with van der Waals surface area (Å²) in [7, 11) is 0. The number of hydrogen-bond acceptors (Lipinski definition) is 2. The molecule has 3 heterocycles. The van der Waals surface area contributed by atoms with Gasteiger partial charge in [0.25, 0.3) is 5.91 Å². The lowest BCUT2D eigenvalue weighted by molar-refractivity contribution is 0.0750. The average molecular weight is 310 g/mol. The Morgan fingerprint density at radius 2 is 1.96 bits per heavy atom. The van der Waals surface area contributed by atoms with Crippen LogP contribution in [-0.4, -0.2) is 38.8 Å². The number of fused-ring (bicyclic) bond motifs is 1. The van der Waals surface area contributed by atoms with Gasteiger partial charge in [-0.3, -0.25) is 4.79 Å². The molecule has 0 saturated carbocycles. The summed E-state index contributed by atoms with van der Waals surface area (Å²) in [6, 6.07) is 5.92. The molecule has 0 aliphatic rings. The van der Waals surface area contributed by atoms with Crippen LogP contribution in [0.4, 0.5) is 0 Å². The molecule has 3 aromatic rings. The van der Waals surface area contributed by atoms with E-state index < -0.39 is 0 Å². The van der Waals surface area contributed by atoms with E-state index in [1.165, 1.54) is 0 Å². The largest absolute Gasteiger partial charge is 0.357 e. The molecule has 1 amide bonds. The van der Waals surface area contributed by atoms with Crippen molar-refractivity contribution in [1.82, 2.24) is 19.9 Å². The molecular weight excluding hydrogens is 288 g/mol. The lowest BCUT2D eigenvalue weighted by Gasteiger charge is -2.20. The highest BCUT2D eigenvalue weighted by Gasteiger charge is 2.17. The fourth-order valence-electron chi connectivity index (χ4n) is 2.91. The van der Waals surface area contributed by atoms with E-state index in [4.69, 9.17) is 0 Å². The van der Waals surface area contributed by atoms with Crippen LogP contribution in [-0.2, 0) is 0 Å². The normalized spacial score (nSPS) is 11.0. The maximum absolute atomic E-state index is 12.7. The Bertz CT molecular complexity index is 796. The number of pyridine rings is 1. The molecule has 0 bridgehead atoms. The second-order valence-corrected chi connectivity index (χ2v) is 5.69. The Kier molecular flexibility index (Phi) is 4.46. The highest BCUT2D eigenvalue weighted by Crippen LogP contribution is 2.27. The highest BCUT2D eigenvalue weighted by molar-refractivity contribution is 5.97. The molecule has 0 atom stereocenters. The third-order valence-electron chi connectivity index (χ3n) is 3.96. The number of aromatic nitrogens is 3. The van der Waals surface area contributed by atoms with Gasteiger partial charge in [0.2, 0.25) is 0 Å². The van der Waals surface area contributed by atoms with Crippen LogP contribution in [0.2, 0.25) is 0 Å². The Morgan fingerprint density at radius 3 is 2.70 bits per heavy atom. The number of carbonyl (C=O) groups excluding carboxylic acids is 1. The van der Waals surface area contributed by atoms with E-state index in [-0.39, 0.29) is 5.91 Å². The van der Waals surface area contributed by atoms with Crippen molar-refractivity contribution in [2.45, 2.75) is 26.7 Å². The van der Waals surface area contributed by atoms with Gasteiger partial charge in [-0.1, -0.05) is 13.8 Å². The predicted molar refractivity (Wildman–Crippen MR) is 92.4 cm³/mol. The first-order valence-electron chi connectivity index (χ1n) is 8.14. The maximum atomic E-state index is 12.7. The van der Waals surface area contributed by atoms with Crippen molar-refractivity contribution in [2.24, 2.45) is 0 Å². The lowest BCUT2D eigenvalue weighted by atomic mass is 10.1. The molecule has 3 rings (SSSR count). The van der Waals surface area contributed by atoms with E-state index in [2.05, 4.69) is 28.8 Å². The maximum Gasteiger partial charge on any atom is 0.270 e. The molecule has 0 aliphatic heterocycles. The van der Waals surface area contributed by atoms with Gasteiger partial charge in [0.05, 0.1) is 0 Å². The molecule has 0 unspecified atom stereocenters. The van der Waals surface area contributed by atoms with Crippen molar-refractivity contribution in [3.63, 3.8) is 0 Å². The molecule has 2 N–H and O–H groups in total. The zero-order valence-electron chi connectivity index (χ0n) is 13.6. The Hall–Kier alpha value is -2.56. The van der Waals surface area contributed by atoms with Gasteiger partial charge < -0.3 is 14.9 Å². The number of carbonyl (C=O) groups is 1. The zero-order valence-corrected chi connectivity index (χ0v) is 13.6. The van der Waals surface area contributed by atoms with Crippen LogP contribution in [0.15, 0.2) is 36.8 Å². The molecule has 0 fully saturated rings. The van der Waals surface area contributed by atoms with Crippen molar-refractivity contribution in [1.29, 1.82) is 0 Å². The van der Waals surface area contributed by atoms with Crippen LogP contribution in [0.3, 0.4) is 0 Å². The van der Waals surface area contributed by atoms with Gasteiger partial charge in [0.1, 0.15) is 11.3 Å². The summed E-state index contributed by atoms with van der Waals surface area (Å²) in [6.45, 7) is 5.77. The minimum absolute atomic E-state index is 0.0688. The van der Waals surface area contributed by atoms with Gasteiger partial charge >= 0.3 is 0 Å². The van der Waals surface area contributed by atoms with Crippen molar-refractivity contribution < 1.29 is 4.79 Å². The topological polar surface area (TPSA) is 64.8 Å². The number of nitrogens with one attached hydrogen (secondary N) is 2. The Labute approximate surface area is 135 Å². The van der Waals surface area contributed by atoms with Crippen molar-refractivity contribution in [2.75, 3.05) is 13.1 Å². The molecule has 5 heteroatoms.